The Balaban J connectivity index is 1.28. The van der Waals surface area contributed by atoms with Crippen LogP contribution in [0.15, 0.2) is 59.0 Å². The Hall–Kier alpha value is -4.07. The molecule has 2 aromatic carbocycles. The van der Waals surface area contributed by atoms with Gasteiger partial charge in [-0.25, -0.2) is 0 Å². The predicted molar refractivity (Wildman–Crippen MR) is 137 cm³/mol. The second-order valence-corrected chi connectivity index (χ2v) is 9.55. The van der Waals surface area contributed by atoms with Crippen LogP contribution in [-0.2, 0) is 11.3 Å². The van der Waals surface area contributed by atoms with Gasteiger partial charge in [-0.1, -0.05) is 31.4 Å². The van der Waals surface area contributed by atoms with Crippen LogP contribution in [0, 0.1) is 6.92 Å². The monoisotopic (exact) mass is 502 g/mol. The number of hydrogen-bond donors (Lipinski definition) is 1. The fourth-order valence-corrected chi connectivity index (χ4v) is 4.73. The molecule has 0 spiro atoms. The highest BCUT2D eigenvalue weighted by molar-refractivity contribution is 6.02. The highest BCUT2D eigenvalue weighted by Gasteiger charge is 2.28. The zero-order valence-corrected chi connectivity index (χ0v) is 20.8. The van der Waals surface area contributed by atoms with Crippen molar-refractivity contribution in [1.29, 1.82) is 0 Å². The molecular weight excluding hydrogens is 472 g/mol. The molecule has 2 heterocycles. The Labute approximate surface area is 215 Å². The number of benzene rings is 2. The molecule has 3 aromatic rings. The Kier molecular flexibility index (Phi) is 7.25. The summed E-state index contributed by atoms with van der Waals surface area (Å²) >= 11 is 0. The van der Waals surface area contributed by atoms with Crippen LogP contribution in [0.4, 0.5) is 5.69 Å². The van der Waals surface area contributed by atoms with Crippen molar-refractivity contribution < 1.29 is 28.3 Å². The standard InChI is InChI=1S/C29H30N2O6/c1-19-6-5-9-22(14-19)35-17-25(32)20-10-12-26-24(15-20)31(28(33)18-36-26)16-23-11-13-27(37-23)29(34)30-21-7-3-2-4-8-21/h5-6,9-15,21H,2-4,7-8,16-18H2,1H3,(H,30,34). The molecule has 1 N–H and O–H groups in total. The van der Waals surface area contributed by atoms with E-state index in [1.54, 1.807) is 36.4 Å². The maximum Gasteiger partial charge on any atom is 0.287 e. The van der Waals surface area contributed by atoms with Gasteiger partial charge in [0.15, 0.2) is 24.8 Å². The fraction of sp³-hybridized carbons (Fsp3) is 0.345. The summed E-state index contributed by atoms with van der Waals surface area (Å²) in [4.78, 5) is 39.7. The number of carbonyl (C=O) groups is 3. The lowest BCUT2D eigenvalue weighted by Gasteiger charge is -2.29. The van der Waals surface area contributed by atoms with Crippen molar-refractivity contribution in [2.45, 2.75) is 51.6 Å². The molecule has 5 rings (SSSR count). The average Bonchev–Trinajstić information content (AvgIpc) is 3.38. The molecule has 1 fully saturated rings. The molecule has 1 aliphatic carbocycles. The number of nitrogens with zero attached hydrogens (tertiary/aromatic N) is 1. The van der Waals surface area contributed by atoms with Gasteiger partial charge in [-0.2, -0.15) is 0 Å². The van der Waals surface area contributed by atoms with E-state index >= 15 is 0 Å². The number of aryl methyl sites for hydroxylation is 1. The topological polar surface area (TPSA) is 98.1 Å². The van der Waals surface area contributed by atoms with Gasteiger partial charge in [0.2, 0.25) is 0 Å². The van der Waals surface area contributed by atoms with Crippen LogP contribution in [0.3, 0.4) is 0 Å². The van der Waals surface area contributed by atoms with Gasteiger partial charge in [-0.15, -0.1) is 0 Å². The summed E-state index contributed by atoms with van der Waals surface area (Å²) in [6.07, 6.45) is 5.41. The largest absolute Gasteiger partial charge is 0.485 e. The van der Waals surface area contributed by atoms with Crippen LogP contribution < -0.4 is 19.7 Å². The second kappa shape index (κ2) is 10.9. The predicted octanol–water partition coefficient (Wildman–Crippen LogP) is 4.84. The van der Waals surface area contributed by atoms with Crippen molar-refractivity contribution >= 4 is 23.3 Å². The highest BCUT2D eigenvalue weighted by Crippen LogP contribution is 2.34. The minimum Gasteiger partial charge on any atom is -0.485 e. The highest BCUT2D eigenvalue weighted by atomic mass is 16.5. The van der Waals surface area contributed by atoms with Crippen LogP contribution in [-0.4, -0.2) is 36.9 Å². The lowest BCUT2D eigenvalue weighted by molar-refractivity contribution is -0.121. The first-order valence-corrected chi connectivity index (χ1v) is 12.7. The fourth-order valence-electron chi connectivity index (χ4n) is 4.73. The summed E-state index contributed by atoms with van der Waals surface area (Å²) in [5, 5.41) is 3.04. The molecule has 0 atom stereocenters. The maximum absolute atomic E-state index is 12.8. The Bertz CT molecular complexity index is 1310. The number of nitrogens with one attached hydrogen (secondary N) is 1. The third kappa shape index (κ3) is 5.85. The number of furan rings is 1. The Morgan fingerprint density at radius 1 is 1.05 bits per heavy atom. The molecular formula is C29H30N2O6. The van der Waals surface area contributed by atoms with Gasteiger partial charge in [-0.3, -0.25) is 19.3 Å². The Morgan fingerprint density at radius 3 is 2.70 bits per heavy atom. The van der Waals surface area contributed by atoms with Gasteiger partial charge < -0.3 is 19.2 Å². The molecule has 8 heteroatoms. The van der Waals surface area contributed by atoms with Crippen molar-refractivity contribution in [3.8, 4) is 11.5 Å². The van der Waals surface area contributed by atoms with Crippen molar-refractivity contribution in [2.24, 2.45) is 0 Å². The van der Waals surface area contributed by atoms with E-state index in [1.165, 1.54) is 11.3 Å². The average molecular weight is 503 g/mol. The number of Topliss-reactive ketones (excluding diaryl/α,β-unsaturated/α-hetero) is 1. The molecule has 1 aromatic heterocycles. The molecule has 37 heavy (non-hydrogen) atoms. The number of ketones is 1. The molecule has 2 aliphatic rings. The number of fused-ring (bicyclic) bond motifs is 1. The third-order valence-electron chi connectivity index (χ3n) is 6.72. The van der Waals surface area contributed by atoms with E-state index in [-0.39, 0.29) is 49.2 Å². The summed E-state index contributed by atoms with van der Waals surface area (Å²) < 4.78 is 17.0. The normalized spacial score (nSPS) is 15.6. The van der Waals surface area contributed by atoms with Crippen LogP contribution in [0.5, 0.6) is 11.5 Å². The molecule has 0 bridgehead atoms. The van der Waals surface area contributed by atoms with E-state index < -0.39 is 0 Å². The van der Waals surface area contributed by atoms with Crippen LogP contribution in [0.25, 0.3) is 0 Å². The van der Waals surface area contributed by atoms with Crippen molar-refractivity contribution in [3.05, 3.63) is 77.2 Å². The van der Waals surface area contributed by atoms with Crippen molar-refractivity contribution in [3.63, 3.8) is 0 Å². The number of carbonyl (C=O) groups excluding carboxylic acids is 3. The van der Waals surface area contributed by atoms with Crippen molar-refractivity contribution in [1.82, 2.24) is 5.32 Å². The first-order valence-electron chi connectivity index (χ1n) is 12.7. The van der Waals surface area contributed by atoms with E-state index in [0.29, 0.717) is 28.5 Å². The van der Waals surface area contributed by atoms with Gasteiger partial charge in [0.05, 0.1) is 12.2 Å². The first-order chi connectivity index (χ1) is 18.0. The SMILES string of the molecule is Cc1cccc(OCC(=O)c2ccc3c(c2)N(Cc2ccc(C(=O)NC4CCCCC4)o2)C(=O)CO3)c1. The molecule has 0 radical (unpaired) electrons. The number of ether oxygens (including phenoxy) is 2. The van der Waals surface area contributed by atoms with E-state index in [4.69, 9.17) is 13.9 Å². The summed E-state index contributed by atoms with van der Waals surface area (Å²) in [5.41, 5.74) is 1.92. The smallest absolute Gasteiger partial charge is 0.287 e. The van der Waals surface area contributed by atoms with E-state index in [2.05, 4.69) is 5.32 Å². The lowest BCUT2D eigenvalue weighted by Crippen LogP contribution is -2.38. The number of amides is 2. The molecule has 1 saturated carbocycles. The van der Waals surface area contributed by atoms with E-state index in [1.807, 2.05) is 25.1 Å². The van der Waals surface area contributed by atoms with Crippen molar-refractivity contribution in [2.75, 3.05) is 18.1 Å². The third-order valence-corrected chi connectivity index (χ3v) is 6.72. The van der Waals surface area contributed by atoms with Gasteiger partial charge in [0.25, 0.3) is 11.8 Å². The summed E-state index contributed by atoms with van der Waals surface area (Å²) in [7, 11) is 0. The molecule has 0 unspecified atom stereocenters. The quantitative estimate of drug-likeness (QED) is 0.443. The zero-order valence-electron chi connectivity index (χ0n) is 20.8. The summed E-state index contributed by atoms with van der Waals surface area (Å²) in [6, 6.07) is 16.0. The van der Waals surface area contributed by atoms with Crippen LogP contribution in [0.2, 0.25) is 0 Å². The molecule has 2 amide bonds. The van der Waals surface area contributed by atoms with E-state index in [0.717, 1.165) is 31.2 Å². The second-order valence-electron chi connectivity index (χ2n) is 9.55. The maximum atomic E-state index is 12.8. The van der Waals surface area contributed by atoms with Gasteiger partial charge in [0.1, 0.15) is 17.3 Å². The minimum atomic E-state index is -0.266. The lowest BCUT2D eigenvalue weighted by atomic mass is 9.95. The zero-order chi connectivity index (χ0) is 25.8. The van der Waals surface area contributed by atoms with E-state index in [9.17, 15) is 14.4 Å². The van der Waals surface area contributed by atoms with Gasteiger partial charge in [0, 0.05) is 11.6 Å². The van der Waals surface area contributed by atoms with Crippen LogP contribution >= 0.6 is 0 Å². The minimum absolute atomic E-state index is 0.114. The number of anilines is 1. The molecule has 0 saturated heterocycles. The van der Waals surface area contributed by atoms with Gasteiger partial charge in [-0.05, 0) is 67.8 Å². The Morgan fingerprint density at radius 2 is 1.89 bits per heavy atom. The molecule has 192 valence electrons. The number of rotatable bonds is 8. The van der Waals surface area contributed by atoms with Crippen LogP contribution in [0.1, 0.15) is 64.3 Å². The first kappa shape index (κ1) is 24.6. The molecule has 8 nitrogen and oxygen atoms in total. The summed E-state index contributed by atoms with van der Waals surface area (Å²) in [5.74, 6) is 1.08. The molecule has 1 aliphatic heterocycles. The summed E-state index contributed by atoms with van der Waals surface area (Å²) in [6.45, 7) is 1.82. The van der Waals surface area contributed by atoms with Gasteiger partial charge >= 0.3 is 0 Å². The number of hydrogen-bond acceptors (Lipinski definition) is 6.